The quantitative estimate of drug-likeness (QED) is 0.740. The minimum Gasteiger partial charge on any atom is -0.465 e. The number of amides is 1. The lowest BCUT2D eigenvalue weighted by Gasteiger charge is -2.25. The van der Waals surface area contributed by atoms with Crippen molar-refractivity contribution in [1.29, 1.82) is 0 Å². The molecule has 104 valence electrons. The minimum absolute atomic E-state index is 0.280. The molecule has 1 saturated heterocycles. The highest BCUT2D eigenvalue weighted by atomic mass is 19.1. The van der Waals surface area contributed by atoms with Gasteiger partial charge < -0.3 is 10.0 Å². The van der Waals surface area contributed by atoms with Crippen LogP contribution in [0.4, 0.5) is 13.6 Å². The monoisotopic (exact) mass is 277 g/mol. The summed E-state index contributed by atoms with van der Waals surface area (Å²) in [6.45, 7) is 0.912. The Morgan fingerprint density at radius 1 is 1.20 bits per heavy atom. The van der Waals surface area contributed by atoms with Crippen molar-refractivity contribution in [3.8, 4) is 11.8 Å². The minimum atomic E-state index is -0.912. The number of hydrogen-bond donors (Lipinski definition) is 1. The first kappa shape index (κ1) is 14.1. The molecule has 1 amide bonds. The molecule has 5 heteroatoms. The van der Waals surface area contributed by atoms with Gasteiger partial charge in [0.1, 0.15) is 11.6 Å². The van der Waals surface area contributed by atoms with Crippen LogP contribution in [0.25, 0.3) is 0 Å². The van der Waals surface area contributed by atoms with E-state index in [1.807, 2.05) is 0 Å². The molecular formula is C15H13F2NO2. The van der Waals surface area contributed by atoms with Crippen molar-refractivity contribution >= 4 is 6.09 Å². The number of piperidine rings is 1. The second kappa shape index (κ2) is 6.20. The number of carboxylic acid groups (broad SMARTS) is 1. The van der Waals surface area contributed by atoms with E-state index in [2.05, 4.69) is 11.8 Å². The first-order valence-corrected chi connectivity index (χ1v) is 6.18. The molecule has 1 fully saturated rings. The summed E-state index contributed by atoms with van der Waals surface area (Å²) in [5.74, 6) is 4.12. The van der Waals surface area contributed by atoms with Crippen LogP contribution in [0.2, 0.25) is 0 Å². The first-order chi connectivity index (χ1) is 9.54. The van der Waals surface area contributed by atoms with Crippen molar-refractivity contribution in [2.24, 2.45) is 0 Å². The van der Waals surface area contributed by atoms with Gasteiger partial charge in [0.25, 0.3) is 0 Å². The molecule has 0 aromatic heterocycles. The van der Waals surface area contributed by atoms with Gasteiger partial charge in [-0.15, -0.1) is 0 Å². The summed E-state index contributed by atoms with van der Waals surface area (Å²) in [5, 5.41) is 8.81. The summed E-state index contributed by atoms with van der Waals surface area (Å²) >= 11 is 0. The van der Waals surface area contributed by atoms with E-state index in [-0.39, 0.29) is 5.56 Å². The number of nitrogens with zero attached hydrogens (tertiary/aromatic N) is 1. The highest BCUT2D eigenvalue weighted by Gasteiger charge is 2.17. The van der Waals surface area contributed by atoms with Crippen LogP contribution in [0, 0.1) is 23.5 Å². The molecule has 0 atom stereocenters. The SMILES string of the molecule is O=C(O)N1CCC(=CC#Cc2cc(F)cc(F)c2)CC1. The number of carbonyl (C=O) groups is 1. The summed E-state index contributed by atoms with van der Waals surface area (Å²) < 4.78 is 25.9. The van der Waals surface area contributed by atoms with E-state index in [4.69, 9.17) is 5.11 Å². The number of likely N-dealkylation sites (tertiary alicyclic amines) is 1. The predicted molar refractivity (Wildman–Crippen MR) is 70.2 cm³/mol. The van der Waals surface area contributed by atoms with Gasteiger partial charge >= 0.3 is 6.09 Å². The third-order valence-corrected chi connectivity index (χ3v) is 3.03. The van der Waals surface area contributed by atoms with Crippen molar-refractivity contribution in [1.82, 2.24) is 4.90 Å². The molecule has 0 aliphatic carbocycles. The topological polar surface area (TPSA) is 40.5 Å². The Morgan fingerprint density at radius 3 is 2.35 bits per heavy atom. The number of rotatable bonds is 0. The van der Waals surface area contributed by atoms with Gasteiger partial charge in [-0.1, -0.05) is 17.4 Å². The molecular weight excluding hydrogens is 264 g/mol. The van der Waals surface area contributed by atoms with Crippen LogP contribution in [0.3, 0.4) is 0 Å². The Morgan fingerprint density at radius 2 is 1.80 bits per heavy atom. The largest absolute Gasteiger partial charge is 0.465 e. The standard InChI is InChI=1S/C15H13F2NO2/c16-13-8-12(9-14(17)10-13)3-1-2-11-4-6-18(7-5-11)15(19)20/h2,8-10H,4-7H2,(H,19,20). The average Bonchev–Trinajstić information content (AvgIpc) is 2.38. The maximum absolute atomic E-state index is 12.9. The van der Waals surface area contributed by atoms with Crippen LogP contribution in [0.1, 0.15) is 18.4 Å². The highest BCUT2D eigenvalue weighted by molar-refractivity contribution is 5.65. The maximum atomic E-state index is 12.9. The summed E-state index contributed by atoms with van der Waals surface area (Å²) in [4.78, 5) is 12.1. The number of allylic oxidation sites excluding steroid dienone is 1. The van der Waals surface area contributed by atoms with E-state index in [0.29, 0.717) is 25.9 Å². The van der Waals surface area contributed by atoms with Crippen molar-refractivity contribution in [3.05, 3.63) is 47.0 Å². The lowest BCUT2D eigenvalue weighted by Crippen LogP contribution is -2.35. The van der Waals surface area contributed by atoms with Gasteiger partial charge in [-0.2, -0.15) is 0 Å². The van der Waals surface area contributed by atoms with E-state index in [9.17, 15) is 13.6 Å². The number of hydrogen-bond acceptors (Lipinski definition) is 1. The van der Waals surface area contributed by atoms with Crippen molar-refractivity contribution in [3.63, 3.8) is 0 Å². The van der Waals surface area contributed by atoms with Crippen molar-refractivity contribution < 1.29 is 18.7 Å². The normalized spacial score (nSPS) is 14.5. The van der Waals surface area contributed by atoms with E-state index in [0.717, 1.165) is 11.6 Å². The second-order valence-electron chi connectivity index (χ2n) is 4.50. The van der Waals surface area contributed by atoms with Crippen molar-refractivity contribution in [2.75, 3.05) is 13.1 Å². The summed E-state index contributed by atoms with van der Waals surface area (Å²) in [5.41, 5.74) is 1.33. The van der Waals surface area contributed by atoms with E-state index < -0.39 is 17.7 Å². The Balaban J connectivity index is 2.00. The molecule has 1 aromatic rings. The Bertz CT molecular complexity index is 584. The fourth-order valence-corrected chi connectivity index (χ4v) is 1.98. The third-order valence-electron chi connectivity index (χ3n) is 3.03. The van der Waals surface area contributed by atoms with Crippen LogP contribution < -0.4 is 0 Å². The fourth-order valence-electron chi connectivity index (χ4n) is 1.98. The van der Waals surface area contributed by atoms with Gasteiger partial charge in [0.2, 0.25) is 0 Å². The molecule has 1 heterocycles. The fraction of sp³-hybridized carbons (Fsp3) is 0.267. The van der Waals surface area contributed by atoms with E-state index >= 15 is 0 Å². The molecule has 0 radical (unpaired) electrons. The molecule has 1 aliphatic rings. The number of benzene rings is 1. The smallest absolute Gasteiger partial charge is 0.407 e. The second-order valence-corrected chi connectivity index (χ2v) is 4.50. The summed E-state index contributed by atoms with van der Waals surface area (Å²) in [7, 11) is 0. The van der Waals surface area contributed by atoms with Crippen LogP contribution in [0.15, 0.2) is 29.8 Å². The molecule has 0 spiro atoms. The molecule has 1 aliphatic heterocycles. The van der Waals surface area contributed by atoms with Gasteiger partial charge in [-0.25, -0.2) is 13.6 Å². The predicted octanol–water partition coefficient (Wildman–Crippen LogP) is 3.02. The van der Waals surface area contributed by atoms with Crippen LogP contribution in [-0.2, 0) is 0 Å². The molecule has 2 rings (SSSR count). The molecule has 0 unspecified atom stereocenters. The molecule has 1 aromatic carbocycles. The molecule has 0 saturated carbocycles. The Hall–Kier alpha value is -2.35. The zero-order chi connectivity index (χ0) is 14.5. The molecule has 0 bridgehead atoms. The first-order valence-electron chi connectivity index (χ1n) is 6.18. The summed E-state index contributed by atoms with van der Waals surface area (Å²) in [6, 6.07) is 3.13. The van der Waals surface area contributed by atoms with Gasteiger partial charge in [-0.05, 0) is 31.1 Å². The van der Waals surface area contributed by atoms with E-state index in [1.54, 1.807) is 6.08 Å². The zero-order valence-corrected chi connectivity index (χ0v) is 10.7. The van der Waals surface area contributed by atoms with Crippen LogP contribution in [-0.4, -0.2) is 29.2 Å². The Kier molecular flexibility index (Phi) is 4.36. The van der Waals surface area contributed by atoms with E-state index in [1.165, 1.54) is 17.0 Å². The molecule has 3 nitrogen and oxygen atoms in total. The van der Waals surface area contributed by atoms with Crippen LogP contribution in [0.5, 0.6) is 0 Å². The van der Waals surface area contributed by atoms with Crippen molar-refractivity contribution in [2.45, 2.75) is 12.8 Å². The average molecular weight is 277 g/mol. The van der Waals surface area contributed by atoms with Gasteiger partial charge in [0.05, 0.1) is 0 Å². The van der Waals surface area contributed by atoms with Gasteiger partial charge in [0, 0.05) is 24.7 Å². The molecule has 20 heavy (non-hydrogen) atoms. The summed E-state index contributed by atoms with van der Waals surface area (Å²) in [6.07, 6.45) is 2.06. The Labute approximate surface area is 115 Å². The lowest BCUT2D eigenvalue weighted by atomic mass is 10.0. The maximum Gasteiger partial charge on any atom is 0.407 e. The van der Waals surface area contributed by atoms with Gasteiger partial charge in [0.15, 0.2) is 0 Å². The van der Waals surface area contributed by atoms with Gasteiger partial charge in [-0.3, -0.25) is 0 Å². The lowest BCUT2D eigenvalue weighted by molar-refractivity contribution is 0.141. The van der Waals surface area contributed by atoms with Crippen LogP contribution >= 0.6 is 0 Å². The zero-order valence-electron chi connectivity index (χ0n) is 10.7. The third kappa shape index (κ3) is 3.82. The molecule has 1 N–H and O–H groups in total. The highest BCUT2D eigenvalue weighted by Crippen LogP contribution is 2.15. The number of halogens is 2.